The number of piperidine rings is 1. The van der Waals surface area contributed by atoms with Crippen LogP contribution in [-0.4, -0.2) is 35.3 Å². The molecule has 3 heterocycles. The molecule has 0 aromatic heterocycles. The number of carbonyl (C=O) groups is 1. The molecule has 0 saturated carbocycles. The van der Waals surface area contributed by atoms with Crippen molar-refractivity contribution in [2.45, 2.75) is 56.5 Å². The van der Waals surface area contributed by atoms with Gasteiger partial charge in [0, 0.05) is 49.9 Å². The van der Waals surface area contributed by atoms with Crippen molar-refractivity contribution >= 4 is 17.3 Å². The molecule has 1 amide bonds. The Morgan fingerprint density at radius 1 is 1.23 bits per heavy atom. The van der Waals surface area contributed by atoms with Gasteiger partial charge in [0.15, 0.2) is 5.66 Å². The molecule has 3 aliphatic rings. The summed E-state index contributed by atoms with van der Waals surface area (Å²) in [6.45, 7) is 3.69. The van der Waals surface area contributed by atoms with Gasteiger partial charge in [-0.25, -0.2) is 0 Å². The van der Waals surface area contributed by atoms with Gasteiger partial charge in [-0.1, -0.05) is 18.2 Å². The van der Waals surface area contributed by atoms with Crippen LogP contribution in [0.3, 0.4) is 0 Å². The first-order valence-corrected chi connectivity index (χ1v) is 9.39. The topological polar surface area (TPSA) is 57.4 Å². The smallest absolute Gasteiger partial charge is 0.222 e. The highest BCUT2D eigenvalue weighted by atomic mass is 16.2. The van der Waals surface area contributed by atoms with Crippen LogP contribution in [0.5, 0.6) is 0 Å². The first-order valence-electron chi connectivity index (χ1n) is 9.39. The molecule has 0 radical (unpaired) electrons. The predicted molar refractivity (Wildman–Crippen MR) is 102 cm³/mol. The first-order chi connectivity index (χ1) is 12.6. The second kappa shape index (κ2) is 6.35. The van der Waals surface area contributed by atoms with Crippen molar-refractivity contribution in [3.05, 3.63) is 29.8 Å². The van der Waals surface area contributed by atoms with Gasteiger partial charge in [0.2, 0.25) is 5.91 Å². The molecule has 1 saturated heterocycles. The number of rotatable bonds is 5. The van der Waals surface area contributed by atoms with E-state index in [4.69, 9.17) is 11.4 Å². The summed E-state index contributed by atoms with van der Waals surface area (Å²) in [6.07, 6.45) is 9.80. The van der Waals surface area contributed by atoms with Gasteiger partial charge in [0.05, 0.1) is 5.69 Å². The minimum absolute atomic E-state index is 0.0164. The van der Waals surface area contributed by atoms with Gasteiger partial charge >= 0.3 is 0 Å². The summed E-state index contributed by atoms with van der Waals surface area (Å²) in [5, 5.41) is 8.25. The standard InChI is InChI=1S/C21H24N4O/c1-3-4-10-21(23-24-21)11-9-19(26)25-14-12-20(13-15-25)16(2)22-18-8-6-5-7-17(18)20/h1,5-8H,4,9-15H2,2H3. The van der Waals surface area contributed by atoms with E-state index < -0.39 is 0 Å². The number of benzene rings is 1. The molecule has 1 fully saturated rings. The minimum Gasteiger partial charge on any atom is -0.343 e. The fraction of sp³-hybridized carbons (Fsp3) is 0.524. The average molecular weight is 348 g/mol. The van der Waals surface area contributed by atoms with E-state index in [1.807, 2.05) is 11.0 Å². The van der Waals surface area contributed by atoms with Gasteiger partial charge in [-0.3, -0.25) is 9.79 Å². The molecule has 0 N–H and O–H groups in total. The third-order valence-corrected chi connectivity index (χ3v) is 6.16. The number of aliphatic imine (C=N–C) groups is 1. The first kappa shape index (κ1) is 17.0. The highest BCUT2D eigenvalue weighted by Crippen LogP contribution is 2.46. The summed E-state index contributed by atoms with van der Waals surface area (Å²) in [5.74, 6) is 2.83. The number of likely N-dealkylation sites (tertiary alicyclic amines) is 1. The monoisotopic (exact) mass is 348 g/mol. The minimum atomic E-state index is -0.368. The number of hydrogen-bond acceptors (Lipinski definition) is 4. The van der Waals surface area contributed by atoms with Crippen molar-refractivity contribution in [1.29, 1.82) is 0 Å². The van der Waals surface area contributed by atoms with Crippen molar-refractivity contribution in [3.8, 4) is 12.3 Å². The normalized spacial score (nSPS) is 21.2. The van der Waals surface area contributed by atoms with E-state index in [2.05, 4.69) is 41.3 Å². The maximum absolute atomic E-state index is 12.6. The Kier molecular flexibility index (Phi) is 4.14. The molecule has 1 aromatic rings. The summed E-state index contributed by atoms with van der Waals surface area (Å²) in [7, 11) is 0. The second-order valence-electron chi connectivity index (χ2n) is 7.56. The molecule has 1 aromatic carbocycles. The summed E-state index contributed by atoms with van der Waals surface area (Å²) >= 11 is 0. The van der Waals surface area contributed by atoms with E-state index in [1.165, 1.54) is 11.3 Å². The SMILES string of the molecule is C#CCCC1(CCC(=O)N2CCC3(CC2)C(C)=Nc2ccccc23)N=N1. The lowest BCUT2D eigenvalue weighted by atomic mass is 9.71. The molecule has 0 bridgehead atoms. The third kappa shape index (κ3) is 2.84. The number of hydrogen-bond donors (Lipinski definition) is 0. The van der Waals surface area contributed by atoms with Crippen LogP contribution in [0.15, 0.2) is 39.5 Å². The Labute approximate surface area is 154 Å². The van der Waals surface area contributed by atoms with Crippen LogP contribution < -0.4 is 0 Å². The maximum atomic E-state index is 12.6. The van der Waals surface area contributed by atoms with Crippen LogP contribution in [0.2, 0.25) is 0 Å². The van der Waals surface area contributed by atoms with Gasteiger partial charge < -0.3 is 4.90 Å². The molecule has 1 spiro atoms. The van der Waals surface area contributed by atoms with Gasteiger partial charge in [0.1, 0.15) is 0 Å². The van der Waals surface area contributed by atoms with Gasteiger partial charge in [-0.15, -0.1) is 12.3 Å². The van der Waals surface area contributed by atoms with Crippen molar-refractivity contribution in [3.63, 3.8) is 0 Å². The zero-order valence-electron chi connectivity index (χ0n) is 15.2. The molecule has 0 aliphatic carbocycles. The fourth-order valence-corrected chi connectivity index (χ4v) is 4.36. The highest BCUT2D eigenvalue weighted by Gasteiger charge is 2.44. The van der Waals surface area contributed by atoms with Crippen LogP contribution in [0.25, 0.3) is 0 Å². The quantitative estimate of drug-likeness (QED) is 0.742. The summed E-state index contributed by atoms with van der Waals surface area (Å²) in [6, 6.07) is 8.41. The van der Waals surface area contributed by atoms with Gasteiger partial charge in [-0.05, 0) is 31.4 Å². The largest absolute Gasteiger partial charge is 0.343 e. The third-order valence-electron chi connectivity index (χ3n) is 6.16. The number of terminal acetylenes is 1. The molecule has 26 heavy (non-hydrogen) atoms. The van der Waals surface area contributed by atoms with E-state index in [-0.39, 0.29) is 17.0 Å². The molecule has 0 unspecified atom stereocenters. The number of nitrogens with zero attached hydrogens (tertiary/aromatic N) is 4. The lowest BCUT2D eigenvalue weighted by Gasteiger charge is -2.40. The zero-order chi connectivity index (χ0) is 18.2. The van der Waals surface area contributed by atoms with Crippen molar-refractivity contribution in [2.24, 2.45) is 15.2 Å². The Bertz CT molecular complexity index is 819. The molecule has 5 heteroatoms. The van der Waals surface area contributed by atoms with Crippen molar-refractivity contribution < 1.29 is 4.79 Å². The Hall–Kier alpha value is -2.48. The van der Waals surface area contributed by atoms with Crippen molar-refractivity contribution in [2.75, 3.05) is 13.1 Å². The fourth-order valence-electron chi connectivity index (χ4n) is 4.36. The van der Waals surface area contributed by atoms with Gasteiger partial charge in [-0.2, -0.15) is 10.2 Å². The van der Waals surface area contributed by atoms with E-state index in [9.17, 15) is 4.79 Å². The zero-order valence-corrected chi connectivity index (χ0v) is 15.2. The average Bonchev–Trinajstić information content (AvgIpc) is 3.40. The lowest BCUT2D eigenvalue weighted by molar-refractivity contribution is -0.132. The summed E-state index contributed by atoms with van der Waals surface area (Å²) in [5.41, 5.74) is 3.26. The van der Waals surface area contributed by atoms with E-state index in [0.29, 0.717) is 19.3 Å². The van der Waals surface area contributed by atoms with Crippen LogP contribution in [0.1, 0.15) is 51.0 Å². The molecular formula is C21H24N4O. The Balaban J connectivity index is 1.35. The number of fused-ring (bicyclic) bond motifs is 2. The summed E-state index contributed by atoms with van der Waals surface area (Å²) < 4.78 is 0. The van der Waals surface area contributed by atoms with E-state index in [1.54, 1.807) is 0 Å². The highest BCUT2D eigenvalue weighted by molar-refractivity contribution is 6.00. The van der Waals surface area contributed by atoms with E-state index in [0.717, 1.165) is 38.0 Å². The lowest BCUT2D eigenvalue weighted by Crippen LogP contribution is -2.47. The van der Waals surface area contributed by atoms with Crippen LogP contribution >= 0.6 is 0 Å². The maximum Gasteiger partial charge on any atom is 0.222 e. The molecule has 5 nitrogen and oxygen atoms in total. The molecule has 3 aliphatic heterocycles. The number of amides is 1. The van der Waals surface area contributed by atoms with E-state index >= 15 is 0 Å². The number of carbonyl (C=O) groups excluding carboxylic acids is 1. The molecule has 134 valence electrons. The Morgan fingerprint density at radius 3 is 2.65 bits per heavy atom. The predicted octanol–water partition coefficient (Wildman–Crippen LogP) is 4.01. The van der Waals surface area contributed by atoms with Crippen LogP contribution in [-0.2, 0) is 10.2 Å². The molecule has 4 rings (SSSR count). The summed E-state index contributed by atoms with van der Waals surface area (Å²) in [4.78, 5) is 19.4. The Morgan fingerprint density at radius 2 is 1.96 bits per heavy atom. The van der Waals surface area contributed by atoms with Gasteiger partial charge in [0.25, 0.3) is 0 Å². The van der Waals surface area contributed by atoms with Crippen molar-refractivity contribution in [1.82, 2.24) is 4.90 Å². The second-order valence-corrected chi connectivity index (χ2v) is 7.56. The van der Waals surface area contributed by atoms with Crippen LogP contribution in [0.4, 0.5) is 5.69 Å². The number of para-hydroxylation sites is 1. The molecular weight excluding hydrogens is 324 g/mol. The molecule has 0 atom stereocenters. The van der Waals surface area contributed by atoms with Crippen LogP contribution in [0, 0.1) is 12.3 Å².